The van der Waals surface area contributed by atoms with Crippen LogP contribution in [0, 0.1) is 0 Å². The molecule has 0 bridgehead atoms. The van der Waals surface area contributed by atoms with Gasteiger partial charge in [-0.15, -0.1) is 0 Å². The SMILES string of the molecule is CCn1cc(CNC(=O)c2ccc(COc3ccc(C(=O)OC)cc3)o2)cn1. The number of nitrogens with zero attached hydrogens (tertiary/aromatic N) is 2. The number of hydrogen-bond donors (Lipinski definition) is 1. The first-order chi connectivity index (χ1) is 13.6. The first-order valence-electron chi connectivity index (χ1n) is 8.78. The molecule has 2 aromatic heterocycles. The summed E-state index contributed by atoms with van der Waals surface area (Å²) in [6.45, 7) is 3.31. The van der Waals surface area contributed by atoms with Crippen LogP contribution in [0.3, 0.4) is 0 Å². The third-order valence-electron chi connectivity index (χ3n) is 4.01. The van der Waals surface area contributed by atoms with Crippen molar-refractivity contribution in [1.29, 1.82) is 0 Å². The summed E-state index contributed by atoms with van der Waals surface area (Å²) in [5, 5.41) is 6.95. The molecule has 0 radical (unpaired) electrons. The number of esters is 1. The molecule has 0 aliphatic rings. The minimum atomic E-state index is -0.407. The molecular weight excluding hydrogens is 362 g/mol. The Bertz CT molecular complexity index is 943. The number of hydrogen-bond acceptors (Lipinski definition) is 6. The zero-order valence-corrected chi connectivity index (χ0v) is 15.7. The molecular formula is C20H21N3O5. The molecule has 3 rings (SSSR count). The van der Waals surface area contributed by atoms with E-state index in [9.17, 15) is 9.59 Å². The number of nitrogens with one attached hydrogen (secondary N) is 1. The lowest BCUT2D eigenvalue weighted by atomic mass is 10.2. The highest BCUT2D eigenvalue weighted by Gasteiger charge is 2.12. The van der Waals surface area contributed by atoms with Crippen molar-refractivity contribution in [2.45, 2.75) is 26.6 Å². The number of furan rings is 1. The molecule has 0 aliphatic carbocycles. The van der Waals surface area contributed by atoms with Gasteiger partial charge >= 0.3 is 5.97 Å². The lowest BCUT2D eigenvalue weighted by molar-refractivity contribution is 0.0600. The van der Waals surface area contributed by atoms with Crippen molar-refractivity contribution in [3.8, 4) is 5.75 Å². The van der Waals surface area contributed by atoms with E-state index in [0.717, 1.165) is 12.1 Å². The normalized spacial score (nSPS) is 10.5. The van der Waals surface area contributed by atoms with Gasteiger partial charge < -0.3 is 19.2 Å². The summed E-state index contributed by atoms with van der Waals surface area (Å²) in [6, 6.07) is 9.85. The summed E-state index contributed by atoms with van der Waals surface area (Å²) in [5.41, 5.74) is 1.36. The highest BCUT2D eigenvalue weighted by Crippen LogP contribution is 2.16. The van der Waals surface area contributed by atoms with Crippen LogP contribution in [-0.4, -0.2) is 28.8 Å². The van der Waals surface area contributed by atoms with Gasteiger partial charge in [0, 0.05) is 24.8 Å². The molecule has 0 fully saturated rings. The van der Waals surface area contributed by atoms with Crippen LogP contribution in [0.1, 0.15) is 39.2 Å². The monoisotopic (exact) mass is 383 g/mol. The summed E-state index contributed by atoms with van der Waals surface area (Å²) < 4.78 is 17.6. The predicted molar refractivity (Wildman–Crippen MR) is 99.9 cm³/mol. The maximum absolute atomic E-state index is 12.2. The molecule has 0 unspecified atom stereocenters. The number of benzene rings is 1. The van der Waals surface area contributed by atoms with Gasteiger partial charge in [-0.3, -0.25) is 9.48 Å². The molecule has 1 aromatic carbocycles. The van der Waals surface area contributed by atoms with Gasteiger partial charge in [0.25, 0.3) is 5.91 Å². The van der Waals surface area contributed by atoms with E-state index in [1.54, 1.807) is 47.3 Å². The predicted octanol–water partition coefficient (Wildman–Crippen LogP) is 2.79. The van der Waals surface area contributed by atoms with E-state index in [-0.39, 0.29) is 18.3 Å². The summed E-state index contributed by atoms with van der Waals surface area (Å²) >= 11 is 0. The van der Waals surface area contributed by atoms with Crippen molar-refractivity contribution in [3.63, 3.8) is 0 Å². The second kappa shape index (κ2) is 8.90. The first-order valence-corrected chi connectivity index (χ1v) is 8.78. The van der Waals surface area contributed by atoms with Crippen LogP contribution in [0.25, 0.3) is 0 Å². The van der Waals surface area contributed by atoms with Crippen molar-refractivity contribution >= 4 is 11.9 Å². The second-order valence-corrected chi connectivity index (χ2v) is 5.96. The molecule has 2 heterocycles. The number of amides is 1. The average Bonchev–Trinajstić information content (AvgIpc) is 3.39. The third-order valence-corrected chi connectivity index (χ3v) is 4.01. The van der Waals surface area contributed by atoms with Gasteiger partial charge in [0.05, 0.1) is 18.9 Å². The second-order valence-electron chi connectivity index (χ2n) is 5.96. The highest BCUT2D eigenvalue weighted by molar-refractivity contribution is 5.91. The molecule has 0 atom stereocenters. The molecule has 0 aliphatic heterocycles. The van der Waals surface area contributed by atoms with Gasteiger partial charge in [-0.05, 0) is 43.3 Å². The molecule has 28 heavy (non-hydrogen) atoms. The Kier molecular flexibility index (Phi) is 6.11. The van der Waals surface area contributed by atoms with E-state index in [1.807, 2.05) is 13.1 Å². The van der Waals surface area contributed by atoms with E-state index < -0.39 is 5.97 Å². The topological polar surface area (TPSA) is 95.6 Å². The number of aromatic nitrogens is 2. The van der Waals surface area contributed by atoms with Crippen LogP contribution in [0.2, 0.25) is 0 Å². The number of carbonyl (C=O) groups excluding carboxylic acids is 2. The smallest absolute Gasteiger partial charge is 0.337 e. The molecule has 0 saturated carbocycles. The Labute approximate surface area is 162 Å². The molecule has 3 aromatic rings. The summed E-state index contributed by atoms with van der Waals surface area (Å²) in [7, 11) is 1.33. The number of methoxy groups -OCH3 is 1. The van der Waals surface area contributed by atoms with Gasteiger partial charge in [0.2, 0.25) is 0 Å². The number of ether oxygens (including phenoxy) is 2. The largest absolute Gasteiger partial charge is 0.486 e. The fourth-order valence-corrected chi connectivity index (χ4v) is 2.48. The molecule has 8 nitrogen and oxygen atoms in total. The highest BCUT2D eigenvalue weighted by atomic mass is 16.5. The van der Waals surface area contributed by atoms with Gasteiger partial charge in [-0.2, -0.15) is 5.10 Å². The minimum Gasteiger partial charge on any atom is -0.486 e. The van der Waals surface area contributed by atoms with Crippen LogP contribution in [0.4, 0.5) is 0 Å². The van der Waals surface area contributed by atoms with E-state index in [4.69, 9.17) is 9.15 Å². The average molecular weight is 383 g/mol. The summed E-state index contributed by atoms with van der Waals surface area (Å²) in [4.78, 5) is 23.6. The molecule has 0 saturated heterocycles. The van der Waals surface area contributed by atoms with Gasteiger partial charge in [0.1, 0.15) is 18.1 Å². The maximum Gasteiger partial charge on any atom is 0.337 e. The number of aryl methyl sites for hydroxylation is 1. The van der Waals surface area contributed by atoms with Crippen molar-refractivity contribution in [2.75, 3.05) is 7.11 Å². The van der Waals surface area contributed by atoms with Crippen LogP contribution in [0.15, 0.2) is 53.2 Å². The van der Waals surface area contributed by atoms with Gasteiger partial charge in [0.15, 0.2) is 5.76 Å². The molecule has 0 spiro atoms. The quantitative estimate of drug-likeness (QED) is 0.601. The van der Waals surface area contributed by atoms with E-state index >= 15 is 0 Å². The van der Waals surface area contributed by atoms with Gasteiger partial charge in [-0.1, -0.05) is 0 Å². The third kappa shape index (κ3) is 4.79. The molecule has 146 valence electrons. The standard InChI is InChI=1S/C20H21N3O5/c1-3-23-12-14(11-22-23)10-21-19(24)18-9-8-17(28-18)13-27-16-6-4-15(5-7-16)20(25)26-2/h4-9,11-12H,3,10,13H2,1-2H3,(H,21,24). The molecule has 1 N–H and O–H groups in total. The van der Waals surface area contributed by atoms with Crippen LogP contribution < -0.4 is 10.1 Å². The van der Waals surface area contributed by atoms with Crippen LogP contribution in [-0.2, 0) is 24.4 Å². The fourth-order valence-electron chi connectivity index (χ4n) is 2.48. The Morgan fingerprint density at radius 1 is 1.18 bits per heavy atom. The number of carbonyl (C=O) groups is 2. The zero-order chi connectivity index (χ0) is 19.9. The Morgan fingerprint density at radius 3 is 2.64 bits per heavy atom. The van der Waals surface area contributed by atoms with Crippen LogP contribution in [0.5, 0.6) is 5.75 Å². The Morgan fingerprint density at radius 2 is 1.96 bits per heavy atom. The van der Waals surface area contributed by atoms with Crippen LogP contribution >= 0.6 is 0 Å². The Hall–Kier alpha value is -3.55. The van der Waals surface area contributed by atoms with Crippen molar-refractivity contribution < 1.29 is 23.5 Å². The van der Waals surface area contributed by atoms with E-state index in [0.29, 0.717) is 23.6 Å². The lowest BCUT2D eigenvalue weighted by Crippen LogP contribution is -2.22. The molecule has 8 heteroatoms. The summed E-state index contributed by atoms with van der Waals surface area (Å²) in [5.74, 6) is 0.583. The van der Waals surface area contributed by atoms with Crippen molar-refractivity contribution in [1.82, 2.24) is 15.1 Å². The zero-order valence-electron chi connectivity index (χ0n) is 15.7. The summed E-state index contributed by atoms with van der Waals surface area (Å²) in [6.07, 6.45) is 3.60. The minimum absolute atomic E-state index is 0.161. The molecule has 1 amide bonds. The Balaban J connectivity index is 1.50. The maximum atomic E-state index is 12.2. The van der Waals surface area contributed by atoms with Crippen molar-refractivity contribution in [3.05, 3.63) is 71.4 Å². The first kappa shape index (κ1) is 19.2. The lowest BCUT2D eigenvalue weighted by Gasteiger charge is -2.05. The van der Waals surface area contributed by atoms with E-state index in [2.05, 4.69) is 15.2 Å². The number of rotatable bonds is 8. The van der Waals surface area contributed by atoms with Gasteiger partial charge in [-0.25, -0.2) is 4.79 Å². The fraction of sp³-hybridized carbons (Fsp3) is 0.250. The van der Waals surface area contributed by atoms with Crippen molar-refractivity contribution in [2.24, 2.45) is 0 Å². The van der Waals surface area contributed by atoms with E-state index in [1.165, 1.54) is 7.11 Å².